The average molecular weight is 202 g/mol. The van der Waals surface area contributed by atoms with Gasteiger partial charge in [0.2, 0.25) is 0 Å². The van der Waals surface area contributed by atoms with Gasteiger partial charge in [-0.1, -0.05) is 27.7 Å². The summed E-state index contributed by atoms with van der Waals surface area (Å²) in [6, 6.07) is 0. The van der Waals surface area contributed by atoms with Gasteiger partial charge in [0.15, 0.2) is 5.41 Å². The lowest BCUT2D eigenvalue weighted by Gasteiger charge is -2.36. The molecule has 0 rings (SSSR count). The molecule has 0 saturated heterocycles. The van der Waals surface area contributed by atoms with E-state index in [9.17, 15) is 9.59 Å². The maximum absolute atomic E-state index is 11.0. The SMILES string of the molecule is CC(C(C)(C)C)C(C)(C(=O)O)C(=O)O. The van der Waals surface area contributed by atoms with E-state index in [1.165, 1.54) is 6.92 Å². The van der Waals surface area contributed by atoms with Gasteiger partial charge in [-0.05, 0) is 18.3 Å². The minimum absolute atomic E-state index is 0.356. The van der Waals surface area contributed by atoms with Crippen LogP contribution in [-0.2, 0) is 9.59 Å². The van der Waals surface area contributed by atoms with Crippen molar-refractivity contribution in [1.29, 1.82) is 0 Å². The third-order valence-corrected chi connectivity index (χ3v) is 3.05. The van der Waals surface area contributed by atoms with Crippen LogP contribution in [0.25, 0.3) is 0 Å². The first-order valence-electron chi connectivity index (χ1n) is 4.51. The Balaban J connectivity index is 5.24. The summed E-state index contributed by atoms with van der Waals surface area (Å²) >= 11 is 0. The van der Waals surface area contributed by atoms with Gasteiger partial charge in [-0.25, -0.2) is 0 Å². The standard InChI is InChI=1S/C10H18O4/c1-6(9(2,3)4)10(5,7(11)12)8(13)14/h6H,1-5H3,(H,11,12)(H,13,14). The molecular weight excluding hydrogens is 184 g/mol. The molecule has 82 valence electrons. The average Bonchev–Trinajstić information content (AvgIpc) is 1.99. The van der Waals surface area contributed by atoms with Crippen LogP contribution < -0.4 is 0 Å². The predicted octanol–water partition coefficient (Wildman–Crippen LogP) is 1.84. The third-order valence-electron chi connectivity index (χ3n) is 3.05. The van der Waals surface area contributed by atoms with Gasteiger partial charge in [0.05, 0.1) is 0 Å². The first-order valence-corrected chi connectivity index (χ1v) is 4.51. The van der Waals surface area contributed by atoms with Crippen LogP contribution in [0.4, 0.5) is 0 Å². The van der Waals surface area contributed by atoms with Gasteiger partial charge in [-0.3, -0.25) is 9.59 Å². The summed E-state index contributed by atoms with van der Waals surface area (Å²) in [5, 5.41) is 17.9. The van der Waals surface area contributed by atoms with Crippen LogP contribution in [0.5, 0.6) is 0 Å². The summed E-state index contributed by atoms with van der Waals surface area (Å²) in [6.45, 7) is 8.42. The molecule has 4 heteroatoms. The molecule has 0 radical (unpaired) electrons. The Hall–Kier alpha value is -1.06. The van der Waals surface area contributed by atoms with Crippen molar-refractivity contribution in [3.05, 3.63) is 0 Å². The third kappa shape index (κ3) is 2.05. The Morgan fingerprint density at radius 3 is 1.36 bits per heavy atom. The lowest BCUT2D eigenvalue weighted by molar-refractivity contribution is -0.170. The van der Waals surface area contributed by atoms with Crippen LogP contribution in [0.15, 0.2) is 0 Å². The summed E-state index contributed by atoms with van der Waals surface area (Å²) < 4.78 is 0. The zero-order valence-electron chi connectivity index (χ0n) is 9.29. The summed E-state index contributed by atoms with van der Waals surface area (Å²) in [7, 11) is 0. The Labute approximate surface area is 83.9 Å². The van der Waals surface area contributed by atoms with Crippen LogP contribution in [-0.4, -0.2) is 22.2 Å². The number of carboxylic acid groups (broad SMARTS) is 2. The van der Waals surface area contributed by atoms with Gasteiger partial charge < -0.3 is 10.2 Å². The molecule has 0 aliphatic rings. The van der Waals surface area contributed by atoms with Crippen molar-refractivity contribution in [2.24, 2.45) is 16.7 Å². The van der Waals surface area contributed by atoms with E-state index < -0.39 is 23.3 Å². The van der Waals surface area contributed by atoms with Crippen LogP contribution >= 0.6 is 0 Å². The Kier molecular flexibility index (Phi) is 3.32. The molecule has 0 aromatic heterocycles. The molecular formula is C10H18O4. The summed E-state index contributed by atoms with van der Waals surface area (Å²) in [5.41, 5.74) is -2.08. The smallest absolute Gasteiger partial charge is 0.321 e. The molecule has 0 fully saturated rings. The Morgan fingerprint density at radius 2 is 1.29 bits per heavy atom. The number of aliphatic carboxylic acids is 2. The molecule has 0 spiro atoms. The molecule has 0 aliphatic carbocycles. The fraction of sp³-hybridized carbons (Fsp3) is 0.800. The van der Waals surface area contributed by atoms with Crippen molar-refractivity contribution in [1.82, 2.24) is 0 Å². The van der Waals surface area contributed by atoms with Crippen LogP contribution in [0.1, 0.15) is 34.6 Å². The number of rotatable bonds is 3. The van der Waals surface area contributed by atoms with Crippen LogP contribution in [0, 0.1) is 16.7 Å². The minimum atomic E-state index is -1.72. The molecule has 1 atom stereocenters. The quantitative estimate of drug-likeness (QED) is 0.685. The molecule has 14 heavy (non-hydrogen) atoms. The second kappa shape index (κ2) is 3.59. The first-order chi connectivity index (χ1) is 6.04. The molecule has 1 unspecified atom stereocenters. The lowest BCUT2D eigenvalue weighted by atomic mass is 9.66. The van der Waals surface area contributed by atoms with E-state index in [-0.39, 0.29) is 5.41 Å². The van der Waals surface area contributed by atoms with E-state index in [2.05, 4.69) is 0 Å². The Bertz CT molecular complexity index is 235. The first kappa shape index (κ1) is 12.9. The van der Waals surface area contributed by atoms with E-state index in [1.54, 1.807) is 6.92 Å². The molecule has 0 heterocycles. The molecule has 0 amide bonds. The summed E-state index contributed by atoms with van der Waals surface area (Å²) in [5.74, 6) is -3.02. The van der Waals surface area contributed by atoms with Gasteiger partial charge >= 0.3 is 11.9 Å². The van der Waals surface area contributed by atoms with Gasteiger partial charge in [0.1, 0.15) is 0 Å². The fourth-order valence-electron chi connectivity index (χ4n) is 1.33. The number of carboxylic acids is 2. The van der Waals surface area contributed by atoms with Crippen molar-refractivity contribution in [2.45, 2.75) is 34.6 Å². The van der Waals surface area contributed by atoms with E-state index in [4.69, 9.17) is 10.2 Å². The molecule has 4 nitrogen and oxygen atoms in total. The zero-order chi connectivity index (χ0) is 11.7. The highest BCUT2D eigenvalue weighted by atomic mass is 16.4. The predicted molar refractivity (Wildman–Crippen MR) is 52.0 cm³/mol. The zero-order valence-corrected chi connectivity index (χ0v) is 9.29. The highest BCUT2D eigenvalue weighted by Gasteiger charge is 2.50. The van der Waals surface area contributed by atoms with Gasteiger partial charge in [0.25, 0.3) is 0 Å². The highest BCUT2D eigenvalue weighted by molar-refractivity contribution is 5.98. The molecule has 2 N–H and O–H groups in total. The van der Waals surface area contributed by atoms with Gasteiger partial charge in [-0.15, -0.1) is 0 Å². The van der Waals surface area contributed by atoms with E-state index in [1.807, 2.05) is 20.8 Å². The highest BCUT2D eigenvalue weighted by Crippen LogP contribution is 2.40. The summed E-state index contributed by atoms with van der Waals surface area (Å²) in [4.78, 5) is 21.9. The van der Waals surface area contributed by atoms with Crippen molar-refractivity contribution < 1.29 is 19.8 Å². The fourth-order valence-corrected chi connectivity index (χ4v) is 1.33. The van der Waals surface area contributed by atoms with Gasteiger partial charge in [0, 0.05) is 0 Å². The lowest BCUT2D eigenvalue weighted by Crippen LogP contribution is -2.46. The van der Waals surface area contributed by atoms with Crippen molar-refractivity contribution >= 4 is 11.9 Å². The maximum atomic E-state index is 11.0. The molecule has 0 saturated carbocycles. The van der Waals surface area contributed by atoms with Crippen molar-refractivity contribution in [2.75, 3.05) is 0 Å². The molecule has 0 aromatic carbocycles. The van der Waals surface area contributed by atoms with Crippen molar-refractivity contribution in [3.8, 4) is 0 Å². The monoisotopic (exact) mass is 202 g/mol. The summed E-state index contributed by atoms with van der Waals surface area (Å²) in [6.07, 6.45) is 0. The van der Waals surface area contributed by atoms with E-state index >= 15 is 0 Å². The molecule has 0 bridgehead atoms. The van der Waals surface area contributed by atoms with Crippen LogP contribution in [0.2, 0.25) is 0 Å². The number of carbonyl (C=O) groups is 2. The minimum Gasteiger partial charge on any atom is -0.480 e. The van der Waals surface area contributed by atoms with E-state index in [0.717, 1.165) is 0 Å². The molecule has 0 aromatic rings. The maximum Gasteiger partial charge on any atom is 0.321 e. The Morgan fingerprint density at radius 1 is 1.00 bits per heavy atom. The van der Waals surface area contributed by atoms with Gasteiger partial charge in [-0.2, -0.15) is 0 Å². The van der Waals surface area contributed by atoms with Crippen molar-refractivity contribution in [3.63, 3.8) is 0 Å². The largest absolute Gasteiger partial charge is 0.480 e. The van der Waals surface area contributed by atoms with Crippen LogP contribution in [0.3, 0.4) is 0 Å². The molecule has 0 aliphatic heterocycles. The second-order valence-corrected chi connectivity index (χ2v) is 4.90. The number of hydrogen-bond acceptors (Lipinski definition) is 2. The topological polar surface area (TPSA) is 74.6 Å². The number of hydrogen-bond donors (Lipinski definition) is 2. The van der Waals surface area contributed by atoms with E-state index in [0.29, 0.717) is 0 Å². The second-order valence-electron chi connectivity index (χ2n) is 4.90. The normalized spacial score (nSPS) is 14.9.